The summed E-state index contributed by atoms with van der Waals surface area (Å²) in [5.74, 6) is -0.155. The van der Waals surface area contributed by atoms with Crippen molar-refractivity contribution >= 4 is 10.1 Å². The maximum Gasteiger partial charge on any atom is 0.264 e. The number of hydrogen-bond acceptors (Lipinski definition) is 4. The van der Waals surface area contributed by atoms with Crippen molar-refractivity contribution in [1.82, 2.24) is 4.90 Å². The molecule has 15 heavy (non-hydrogen) atoms. The van der Waals surface area contributed by atoms with E-state index >= 15 is 0 Å². The van der Waals surface area contributed by atoms with Crippen molar-refractivity contribution in [2.45, 2.75) is 25.7 Å². The lowest BCUT2D eigenvalue weighted by atomic mass is 10.3. The molecule has 0 heterocycles. The standard InChI is InChI=1S/C9H21NO4S/c1-10(6-2-4-8-11)7-3-5-9-15(12,13)14/h11H,2-9H2,1H3,(H,12,13,14). The Morgan fingerprint density at radius 2 is 1.60 bits per heavy atom. The Kier molecular flexibility index (Phi) is 7.95. The van der Waals surface area contributed by atoms with Crippen molar-refractivity contribution in [3.05, 3.63) is 0 Å². The Morgan fingerprint density at radius 3 is 2.07 bits per heavy atom. The SMILES string of the molecule is CN(CCCCO)CCCCS(=O)(=O)O. The van der Waals surface area contributed by atoms with E-state index in [0.29, 0.717) is 6.42 Å². The van der Waals surface area contributed by atoms with Crippen LogP contribution in [-0.4, -0.2) is 55.5 Å². The zero-order chi connectivity index (χ0) is 11.7. The molecule has 0 saturated heterocycles. The normalized spacial score (nSPS) is 12.3. The Morgan fingerprint density at radius 1 is 1.07 bits per heavy atom. The first-order valence-electron chi connectivity index (χ1n) is 5.20. The largest absolute Gasteiger partial charge is 0.396 e. The highest BCUT2D eigenvalue weighted by molar-refractivity contribution is 7.85. The molecule has 0 aliphatic rings. The fourth-order valence-corrected chi connectivity index (χ4v) is 1.84. The van der Waals surface area contributed by atoms with Crippen LogP contribution in [0.3, 0.4) is 0 Å². The number of rotatable bonds is 9. The van der Waals surface area contributed by atoms with Crippen LogP contribution in [0.1, 0.15) is 25.7 Å². The summed E-state index contributed by atoms with van der Waals surface area (Å²) in [6.45, 7) is 1.95. The van der Waals surface area contributed by atoms with Gasteiger partial charge in [-0.3, -0.25) is 4.55 Å². The van der Waals surface area contributed by atoms with E-state index in [4.69, 9.17) is 9.66 Å². The molecule has 0 atom stereocenters. The summed E-state index contributed by atoms with van der Waals surface area (Å²) in [5.41, 5.74) is 0. The van der Waals surface area contributed by atoms with Gasteiger partial charge in [0, 0.05) is 6.61 Å². The van der Waals surface area contributed by atoms with Gasteiger partial charge in [-0.25, -0.2) is 0 Å². The molecule has 0 amide bonds. The van der Waals surface area contributed by atoms with Crippen molar-refractivity contribution in [2.24, 2.45) is 0 Å². The molecule has 0 rings (SSSR count). The van der Waals surface area contributed by atoms with Crippen LogP contribution < -0.4 is 0 Å². The molecule has 0 unspecified atom stereocenters. The van der Waals surface area contributed by atoms with Gasteiger partial charge in [0.2, 0.25) is 0 Å². The molecule has 0 saturated carbocycles. The van der Waals surface area contributed by atoms with Crippen molar-refractivity contribution in [3.8, 4) is 0 Å². The fourth-order valence-electron chi connectivity index (χ4n) is 1.27. The maximum absolute atomic E-state index is 10.4. The Hall–Kier alpha value is -0.170. The van der Waals surface area contributed by atoms with Crippen molar-refractivity contribution in [1.29, 1.82) is 0 Å². The van der Waals surface area contributed by atoms with Crippen LogP contribution in [0.25, 0.3) is 0 Å². The molecule has 6 heteroatoms. The molecule has 0 spiro atoms. The molecule has 0 aliphatic carbocycles. The van der Waals surface area contributed by atoms with Crippen LogP contribution in [0.4, 0.5) is 0 Å². The van der Waals surface area contributed by atoms with Gasteiger partial charge in [-0.15, -0.1) is 0 Å². The summed E-state index contributed by atoms with van der Waals surface area (Å²) in [7, 11) is -1.83. The second-order valence-corrected chi connectivity index (χ2v) is 5.30. The average molecular weight is 239 g/mol. The number of aliphatic hydroxyl groups is 1. The summed E-state index contributed by atoms with van der Waals surface area (Å²) >= 11 is 0. The third-order valence-corrected chi connectivity index (χ3v) is 2.94. The molecule has 0 aromatic rings. The van der Waals surface area contributed by atoms with Gasteiger partial charge in [-0.1, -0.05) is 0 Å². The van der Waals surface area contributed by atoms with Gasteiger partial charge >= 0.3 is 0 Å². The number of hydrogen-bond donors (Lipinski definition) is 2. The zero-order valence-electron chi connectivity index (χ0n) is 9.22. The highest BCUT2D eigenvalue weighted by Crippen LogP contribution is 1.98. The van der Waals surface area contributed by atoms with Crippen molar-refractivity contribution in [3.63, 3.8) is 0 Å². The third-order valence-electron chi connectivity index (χ3n) is 2.14. The van der Waals surface area contributed by atoms with E-state index < -0.39 is 10.1 Å². The summed E-state index contributed by atoms with van der Waals surface area (Å²) in [6, 6.07) is 0. The van der Waals surface area contributed by atoms with E-state index in [1.807, 2.05) is 7.05 Å². The molecule has 0 radical (unpaired) electrons. The third kappa shape index (κ3) is 11.8. The summed E-state index contributed by atoms with van der Waals surface area (Å²) in [4.78, 5) is 2.10. The lowest BCUT2D eigenvalue weighted by Crippen LogP contribution is -2.21. The monoisotopic (exact) mass is 239 g/mol. The Bertz CT molecular complexity index is 240. The number of unbranched alkanes of at least 4 members (excludes halogenated alkanes) is 2. The fraction of sp³-hybridized carbons (Fsp3) is 1.00. The summed E-state index contributed by atoms with van der Waals surface area (Å²) in [5, 5.41) is 8.57. The molecule has 0 bridgehead atoms. The van der Waals surface area contributed by atoms with Gasteiger partial charge in [0.1, 0.15) is 0 Å². The van der Waals surface area contributed by atoms with Gasteiger partial charge in [0.05, 0.1) is 5.75 Å². The number of aliphatic hydroxyl groups excluding tert-OH is 1. The topological polar surface area (TPSA) is 77.8 Å². The van der Waals surface area contributed by atoms with E-state index in [9.17, 15) is 8.42 Å². The second kappa shape index (κ2) is 8.04. The van der Waals surface area contributed by atoms with Crippen LogP contribution in [0, 0.1) is 0 Å². The van der Waals surface area contributed by atoms with E-state index in [0.717, 1.165) is 32.4 Å². The minimum Gasteiger partial charge on any atom is -0.396 e. The van der Waals surface area contributed by atoms with Gasteiger partial charge in [0.25, 0.3) is 10.1 Å². The lowest BCUT2D eigenvalue weighted by Gasteiger charge is -2.15. The minimum absolute atomic E-state index is 0.155. The van der Waals surface area contributed by atoms with Crippen LogP contribution in [0.2, 0.25) is 0 Å². The van der Waals surface area contributed by atoms with Crippen molar-refractivity contribution in [2.75, 3.05) is 32.5 Å². The first-order valence-corrected chi connectivity index (χ1v) is 6.81. The molecule has 2 N–H and O–H groups in total. The smallest absolute Gasteiger partial charge is 0.264 e. The predicted octanol–water partition coefficient (Wildman–Crippen LogP) is 0.359. The highest BCUT2D eigenvalue weighted by atomic mass is 32.2. The molecule has 0 aromatic carbocycles. The van der Waals surface area contributed by atoms with Crippen LogP contribution in [-0.2, 0) is 10.1 Å². The summed E-state index contributed by atoms with van der Waals surface area (Å²) < 4.78 is 29.3. The molecule has 5 nitrogen and oxygen atoms in total. The van der Waals surface area contributed by atoms with E-state index in [1.165, 1.54) is 0 Å². The Labute approximate surface area is 91.8 Å². The van der Waals surface area contributed by atoms with Crippen LogP contribution in [0.15, 0.2) is 0 Å². The lowest BCUT2D eigenvalue weighted by molar-refractivity contribution is 0.262. The molecule has 92 valence electrons. The zero-order valence-corrected chi connectivity index (χ0v) is 10.0. The van der Waals surface area contributed by atoms with Gasteiger partial charge < -0.3 is 10.0 Å². The first kappa shape index (κ1) is 14.8. The molecule has 0 fully saturated rings. The molecular weight excluding hydrogens is 218 g/mol. The van der Waals surface area contributed by atoms with Crippen LogP contribution >= 0.6 is 0 Å². The van der Waals surface area contributed by atoms with Crippen molar-refractivity contribution < 1.29 is 18.1 Å². The van der Waals surface area contributed by atoms with E-state index in [2.05, 4.69) is 4.90 Å². The maximum atomic E-state index is 10.4. The van der Waals surface area contributed by atoms with Gasteiger partial charge in [-0.2, -0.15) is 8.42 Å². The highest BCUT2D eigenvalue weighted by Gasteiger charge is 2.04. The van der Waals surface area contributed by atoms with E-state index in [1.54, 1.807) is 0 Å². The molecule has 0 aromatic heterocycles. The minimum atomic E-state index is -3.79. The molecular formula is C9H21NO4S. The van der Waals surface area contributed by atoms with Gasteiger partial charge in [0.15, 0.2) is 0 Å². The average Bonchev–Trinajstić information content (AvgIpc) is 2.11. The number of nitrogens with zero attached hydrogens (tertiary/aromatic N) is 1. The quantitative estimate of drug-likeness (QED) is 0.448. The van der Waals surface area contributed by atoms with Crippen LogP contribution in [0.5, 0.6) is 0 Å². The van der Waals surface area contributed by atoms with E-state index in [-0.39, 0.29) is 12.4 Å². The summed E-state index contributed by atoms with van der Waals surface area (Å²) in [6.07, 6.45) is 3.00. The first-order chi connectivity index (χ1) is 6.95. The molecule has 0 aliphatic heterocycles. The Balaban J connectivity index is 3.35. The van der Waals surface area contributed by atoms with Gasteiger partial charge in [-0.05, 0) is 45.8 Å². The second-order valence-electron chi connectivity index (χ2n) is 3.73. The predicted molar refractivity (Wildman–Crippen MR) is 59.5 cm³/mol.